The molecule has 2 atom stereocenters. The first-order chi connectivity index (χ1) is 9.67. The van der Waals surface area contributed by atoms with Gasteiger partial charge in [0, 0.05) is 19.1 Å². The van der Waals surface area contributed by atoms with Gasteiger partial charge in [-0.15, -0.1) is 0 Å². The second-order valence-corrected chi connectivity index (χ2v) is 6.33. The molecule has 0 aromatic carbocycles. The molecule has 0 radical (unpaired) electrons. The van der Waals surface area contributed by atoms with Gasteiger partial charge in [-0.3, -0.25) is 4.79 Å². The number of nitrogens with zero attached hydrogens (tertiary/aromatic N) is 2. The zero-order chi connectivity index (χ0) is 14.5. The van der Waals surface area contributed by atoms with Crippen molar-refractivity contribution in [3.05, 3.63) is 0 Å². The summed E-state index contributed by atoms with van der Waals surface area (Å²) in [6.45, 7) is 11.8. The third-order valence-corrected chi connectivity index (χ3v) is 5.14. The van der Waals surface area contributed by atoms with Crippen LogP contribution in [0.1, 0.15) is 46.5 Å². The van der Waals surface area contributed by atoms with Gasteiger partial charge in [-0.25, -0.2) is 0 Å². The standard InChI is InChI=1S/C16H31N3O/c1-4-18(5-2)14-8-11-19(12-9-14)16(20)15-13(3)7-6-10-17-15/h13-15,17H,4-12H2,1-3H3. The first-order valence-corrected chi connectivity index (χ1v) is 8.43. The van der Waals surface area contributed by atoms with E-state index in [2.05, 4.69) is 35.9 Å². The molecule has 2 rings (SSSR count). The van der Waals surface area contributed by atoms with Crippen molar-refractivity contribution in [2.45, 2.75) is 58.5 Å². The molecule has 0 aromatic rings. The fourth-order valence-corrected chi connectivity index (χ4v) is 3.77. The highest BCUT2D eigenvalue weighted by molar-refractivity contribution is 5.82. The second kappa shape index (κ2) is 7.41. The van der Waals surface area contributed by atoms with Crippen LogP contribution < -0.4 is 5.32 Å². The van der Waals surface area contributed by atoms with E-state index in [1.54, 1.807) is 0 Å². The lowest BCUT2D eigenvalue weighted by Crippen LogP contribution is -2.55. The van der Waals surface area contributed by atoms with Crippen LogP contribution in [0.2, 0.25) is 0 Å². The normalized spacial score (nSPS) is 28.9. The van der Waals surface area contributed by atoms with Gasteiger partial charge in [0.25, 0.3) is 0 Å². The molecule has 2 fully saturated rings. The first kappa shape index (κ1) is 15.8. The van der Waals surface area contributed by atoms with Crippen LogP contribution in [-0.2, 0) is 4.79 Å². The van der Waals surface area contributed by atoms with E-state index in [0.29, 0.717) is 17.9 Å². The van der Waals surface area contributed by atoms with E-state index in [1.807, 2.05) is 0 Å². The second-order valence-electron chi connectivity index (χ2n) is 6.33. The fourth-order valence-electron chi connectivity index (χ4n) is 3.77. The minimum absolute atomic E-state index is 0.0637. The molecule has 1 amide bonds. The van der Waals surface area contributed by atoms with Crippen LogP contribution in [0.25, 0.3) is 0 Å². The molecule has 2 aliphatic rings. The van der Waals surface area contributed by atoms with E-state index in [9.17, 15) is 4.79 Å². The minimum Gasteiger partial charge on any atom is -0.341 e. The number of amides is 1. The Balaban J connectivity index is 1.85. The third-order valence-electron chi connectivity index (χ3n) is 5.14. The summed E-state index contributed by atoms with van der Waals surface area (Å²) >= 11 is 0. The SMILES string of the molecule is CCN(CC)C1CCN(C(=O)C2NCCCC2C)CC1. The van der Waals surface area contributed by atoms with Crippen LogP contribution in [0, 0.1) is 5.92 Å². The van der Waals surface area contributed by atoms with Crippen LogP contribution in [0.5, 0.6) is 0 Å². The average molecular weight is 281 g/mol. The van der Waals surface area contributed by atoms with Gasteiger partial charge < -0.3 is 15.1 Å². The van der Waals surface area contributed by atoms with Crippen molar-refractivity contribution < 1.29 is 4.79 Å². The van der Waals surface area contributed by atoms with Gasteiger partial charge in [-0.2, -0.15) is 0 Å². The molecule has 1 N–H and O–H groups in total. The lowest BCUT2D eigenvalue weighted by atomic mass is 9.91. The van der Waals surface area contributed by atoms with E-state index in [-0.39, 0.29) is 6.04 Å². The zero-order valence-corrected chi connectivity index (χ0v) is 13.4. The third kappa shape index (κ3) is 3.53. The molecule has 2 saturated heterocycles. The number of piperidine rings is 2. The molecule has 4 nitrogen and oxygen atoms in total. The van der Waals surface area contributed by atoms with Crippen molar-refractivity contribution in [3.63, 3.8) is 0 Å². The van der Waals surface area contributed by atoms with E-state index >= 15 is 0 Å². The summed E-state index contributed by atoms with van der Waals surface area (Å²) in [5, 5.41) is 3.42. The molecule has 116 valence electrons. The average Bonchev–Trinajstić information content (AvgIpc) is 2.49. The van der Waals surface area contributed by atoms with E-state index in [4.69, 9.17) is 0 Å². The molecule has 0 bridgehead atoms. The van der Waals surface area contributed by atoms with E-state index in [1.165, 1.54) is 12.8 Å². The summed E-state index contributed by atoms with van der Waals surface area (Å²) in [5.41, 5.74) is 0. The maximum Gasteiger partial charge on any atom is 0.239 e. The quantitative estimate of drug-likeness (QED) is 0.852. The lowest BCUT2D eigenvalue weighted by Gasteiger charge is -2.40. The smallest absolute Gasteiger partial charge is 0.239 e. The Bertz CT molecular complexity index is 309. The highest BCUT2D eigenvalue weighted by Crippen LogP contribution is 2.21. The van der Waals surface area contributed by atoms with Crippen LogP contribution in [0.15, 0.2) is 0 Å². The Hall–Kier alpha value is -0.610. The van der Waals surface area contributed by atoms with Crippen molar-refractivity contribution in [2.75, 3.05) is 32.7 Å². The van der Waals surface area contributed by atoms with Crippen LogP contribution in [0.4, 0.5) is 0 Å². The summed E-state index contributed by atoms with van der Waals surface area (Å²) in [4.78, 5) is 17.3. The van der Waals surface area contributed by atoms with Crippen molar-refractivity contribution in [2.24, 2.45) is 5.92 Å². The highest BCUT2D eigenvalue weighted by Gasteiger charge is 2.33. The largest absolute Gasteiger partial charge is 0.341 e. The number of likely N-dealkylation sites (tertiary alicyclic amines) is 1. The highest BCUT2D eigenvalue weighted by atomic mass is 16.2. The van der Waals surface area contributed by atoms with Gasteiger partial charge in [-0.05, 0) is 51.2 Å². The van der Waals surface area contributed by atoms with Gasteiger partial charge in [0.2, 0.25) is 5.91 Å². The van der Waals surface area contributed by atoms with Crippen molar-refractivity contribution in [1.82, 2.24) is 15.1 Å². The molecule has 2 aliphatic heterocycles. The predicted molar refractivity (Wildman–Crippen MR) is 82.7 cm³/mol. The number of nitrogens with one attached hydrogen (secondary N) is 1. The van der Waals surface area contributed by atoms with Crippen molar-refractivity contribution >= 4 is 5.91 Å². The summed E-state index contributed by atoms with van der Waals surface area (Å²) in [5.74, 6) is 0.826. The number of hydrogen-bond acceptors (Lipinski definition) is 3. The predicted octanol–water partition coefficient (Wildman–Crippen LogP) is 1.71. The topological polar surface area (TPSA) is 35.6 Å². The molecule has 0 aromatic heterocycles. The Morgan fingerprint density at radius 3 is 2.40 bits per heavy atom. The Kier molecular flexibility index (Phi) is 5.85. The van der Waals surface area contributed by atoms with Gasteiger partial charge in [0.15, 0.2) is 0 Å². The van der Waals surface area contributed by atoms with Crippen molar-refractivity contribution in [3.8, 4) is 0 Å². The van der Waals surface area contributed by atoms with Crippen LogP contribution in [-0.4, -0.2) is 60.5 Å². The first-order valence-electron chi connectivity index (χ1n) is 8.43. The molecule has 4 heteroatoms. The molecule has 2 heterocycles. The fraction of sp³-hybridized carbons (Fsp3) is 0.938. The molecule has 2 unspecified atom stereocenters. The number of hydrogen-bond donors (Lipinski definition) is 1. The number of carbonyl (C=O) groups is 1. The Morgan fingerprint density at radius 2 is 1.85 bits per heavy atom. The number of rotatable bonds is 4. The van der Waals surface area contributed by atoms with Gasteiger partial charge >= 0.3 is 0 Å². The molecule has 0 saturated carbocycles. The van der Waals surface area contributed by atoms with Crippen LogP contribution in [0.3, 0.4) is 0 Å². The summed E-state index contributed by atoms with van der Waals surface area (Å²) in [6, 6.07) is 0.736. The van der Waals surface area contributed by atoms with E-state index < -0.39 is 0 Å². The summed E-state index contributed by atoms with van der Waals surface area (Å²) < 4.78 is 0. The molecular formula is C16H31N3O. The van der Waals surface area contributed by atoms with Gasteiger partial charge in [-0.1, -0.05) is 20.8 Å². The zero-order valence-electron chi connectivity index (χ0n) is 13.4. The molecule has 20 heavy (non-hydrogen) atoms. The van der Waals surface area contributed by atoms with Gasteiger partial charge in [0.1, 0.15) is 0 Å². The van der Waals surface area contributed by atoms with Crippen LogP contribution >= 0.6 is 0 Å². The molecule has 0 aliphatic carbocycles. The summed E-state index contributed by atoms with van der Waals surface area (Å²) in [7, 11) is 0. The molecule has 0 spiro atoms. The maximum atomic E-state index is 12.6. The van der Waals surface area contributed by atoms with Crippen molar-refractivity contribution in [1.29, 1.82) is 0 Å². The maximum absolute atomic E-state index is 12.6. The molecular weight excluding hydrogens is 250 g/mol. The lowest BCUT2D eigenvalue weighted by molar-refractivity contribution is -0.136. The summed E-state index contributed by atoms with van der Waals surface area (Å²) in [6.07, 6.45) is 4.65. The Morgan fingerprint density at radius 1 is 1.20 bits per heavy atom. The monoisotopic (exact) mass is 281 g/mol. The Labute approximate surface area is 123 Å². The van der Waals surface area contributed by atoms with Gasteiger partial charge in [0.05, 0.1) is 6.04 Å². The van der Waals surface area contributed by atoms with E-state index in [0.717, 1.165) is 45.6 Å². The minimum atomic E-state index is 0.0637. The number of carbonyl (C=O) groups excluding carboxylic acids is 1.